The van der Waals surface area contributed by atoms with E-state index in [9.17, 15) is 0 Å². The van der Waals surface area contributed by atoms with Gasteiger partial charge in [-0.3, -0.25) is 4.98 Å². The topological polar surface area (TPSA) is 63.8 Å². The Morgan fingerprint density at radius 3 is 2.76 bits per heavy atom. The van der Waals surface area contributed by atoms with Crippen molar-refractivity contribution >= 4 is 21.6 Å². The fourth-order valence-electron chi connectivity index (χ4n) is 1.87. The SMILES string of the molecule is Brc1cccnc1-c1noc(CCNc2ccccc2)n1. The molecule has 1 N–H and O–H groups in total. The standard InChI is InChI=1S/C15H13BrN4O/c16-12-7-4-9-18-14(12)15-19-13(21-20-15)8-10-17-11-5-2-1-3-6-11/h1-7,9,17H,8,10H2. The lowest BCUT2D eigenvalue weighted by Gasteiger charge is -2.02. The van der Waals surface area contributed by atoms with Gasteiger partial charge in [0.05, 0.1) is 0 Å². The monoisotopic (exact) mass is 344 g/mol. The van der Waals surface area contributed by atoms with Crippen LogP contribution in [0.25, 0.3) is 11.5 Å². The number of rotatable bonds is 5. The molecular formula is C15H13BrN4O. The van der Waals surface area contributed by atoms with Gasteiger partial charge in [-0.05, 0) is 40.2 Å². The smallest absolute Gasteiger partial charge is 0.228 e. The quantitative estimate of drug-likeness (QED) is 0.766. The van der Waals surface area contributed by atoms with Crippen molar-refractivity contribution in [2.75, 3.05) is 11.9 Å². The summed E-state index contributed by atoms with van der Waals surface area (Å²) < 4.78 is 6.10. The number of hydrogen-bond acceptors (Lipinski definition) is 5. The number of nitrogens with one attached hydrogen (secondary N) is 1. The minimum absolute atomic E-state index is 0.497. The third-order valence-electron chi connectivity index (χ3n) is 2.88. The van der Waals surface area contributed by atoms with E-state index in [0.29, 0.717) is 23.8 Å². The van der Waals surface area contributed by atoms with Crippen molar-refractivity contribution < 1.29 is 4.52 Å². The van der Waals surface area contributed by atoms with E-state index in [0.717, 1.165) is 16.7 Å². The molecule has 0 unspecified atom stereocenters. The van der Waals surface area contributed by atoms with Gasteiger partial charge in [-0.15, -0.1) is 0 Å². The molecule has 5 nitrogen and oxygen atoms in total. The van der Waals surface area contributed by atoms with Crippen molar-refractivity contribution in [3.8, 4) is 11.5 Å². The van der Waals surface area contributed by atoms with Crippen molar-refractivity contribution in [3.05, 3.63) is 59.0 Å². The first-order valence-electron chi connectivity index (χ1n) is 6.55. The Bertz CT molecular complexity index is 714. The summed E-state index contributed by atoms with van der Waals surface area (Å²) in [5.74, 6) is 1.09. The van der Waals surface area contributed by atoms with Crippen LogP contribution < -0.4 is 5.32 Å². The Labute approximate surface area is 130 Å². The summed E-state index contributed by atoms with van der Waals surface area (Å²) in [4.78, 5) is 8.60. The third kappa shape index (κ3) is 3.46. The van der Waals surface area contributed by atoms with Gasteiger partial charge in [0.2, 0.25) is 11.7 Å². The number of para-hydroxylation sites is 1. The second kappa shape index (κ2) is 6.49. The Morgan fingerprint density at radius 2 is 1.95 bits per heavy atom. The molecule has 0 saturated carbocycles. The van der Waals surface area contributed by atoms with Crippen LogP contribution in [0.3, 0.4) is 0 Å². The van der Waals surface area contributed by atoms with Crippen LogP contribution in [-0.2, 0) is 6.42 Å². The fourth-order valence-corrected chi connectivity index (χ4v) is 2.30. The van der Waals surface area contributed by atoms with Gasteiger partial charge in [-0.25, -0.2) is 0 Å². The summed E-state index contributed by atoms with van der Waals surface area (Å²) >= 11 is 3.43. The van der Waals surface area contributed by atoms with E-state index in [4.69, 9.17) is 4.52 Å². The lowest BCUT2D eigenvalue weighted by molar-refractivity contribution is 0.381. The number of benzene rings is 1. The Morgan fingerprint density at radius 1 is 1.10 bits per heavy atom. The highest BCUT2D eigenvalue weighted by Crippen LogP contribution is 2.22. The summed E-state index contributed by atoms with van der Waals surface area (Å²) in [6.07, 6.45) is 2.36. The van der Waals surface area contributed by atoms with Gasteiger partial charge in [-0.1, -0.05) is 23.4 Å². The molecule has 3 rings (SSSR count). The molecule has 2 heterocycles. The zero-order chi connectivity index (χ0) is 14.5. The second-order valence-corrected chi connectivity index (χ2v) is 5.24. The largest absolute Gasteiger partial charge is 0.385 e. The summed E-state index contributed by atoms with van der Waals surface area (Å²) in [5.41, 5.74) is 1.76. The van der Waals surface area contributed by atoms with Crippen LogP contribution >= 0.6 is 15.9 Å². The third-order valence-corrected chi connectivity index (χ3v) is 3.52. The first-order chi connectivity index (χ1) is 10.3. The molecule has 1 aromatic carbocycles. The fraction of sp³-hybridized carbons (Fsp3) is 0.133. The van der Waals surface area contributed by atoms with Gasteiger partial charge in [0.1, 0.15) is 5.69 Å². The Kier molecular flexibility index (Phi) is 4.25. The van der Waals surface area contributed by atoms with E-state index in [-0.39, 0.29) is 0 Å². The number of halogens is 1. The van der Waals surface area contributed by atoms with Crippen LogP contribution in [0.1, 0.15) is 5.89 Å². The molecule has 0 saturated heterocycles. The predicted molar refractivity (Wildman–Crippen MR) is 83.9 cm³/mol. The van der Waals surface area contributed by atoms with E-state index in [2.05, 4.69) is 36.4 Å². The van der Waals surface area contributed by atoms with Crippen LogP contribution in [0.4, 0.5) is 5.69 Å². The Hall–Kier alpha value is -2.21. The number of anilines is 1. The molecule has 0 atom stereocenters. The summed E-state index contributed by atoms with van der Waals surface area (Å²) in [7, 11) is 0. The van der Waals surface area contributed by atoms with Gasteiger partial charge in [0, 0.05) is 29.3 Å². The molecule has 3 aromatic rings. The van der Waals surface area contributed by atoms with Crippen molar-refractivity contribution in [2.45, 2.75) is 6.42 Å². The zero-order valence-electron chi connectivity index (χ0n) is 11.2. The molecule has 0 radical (unpaired) electrons. The summed E-state index contributed by atoms with van der Waals surface area (Å²) in [6.45, 7) is 0.731. The van der Waals surface area contributed by atoms with Crippen molar-refractivity contribution in [2.24, 2.45) is 0 Å². The maximum Gasteiger partial charge on any atom is 0.228 e. The van der Waals surface area contributed by atoms with Gasteiger partial charge >= 0.3 is 0 Å². The van der Waals surface area contributed by atoms with Gasteiger partial charge in [-0.2, -0.15) is 4.98 Å². The predicted octanol–water partition coefficient (Wildman–Crippen LogP) is 3.55. The number of pyridine rings is 1. The molecule has 0 spiro atoms. The Balaban J connectivity index is 1.62. The minimum Gasteiger partial charge on any atom is -0.385 e. The first-order valence-corrected chi connectivity index (χ1v) is 7.34. The average molecular weight is 345 g/mol. The normalized spacial score (nSPS) is 10.5. The van der Waals surface area contributed by atoms with Crippen LogP contribution in [-0.4, -0.2) is 21.7 Å². The molecule has 6 heteroatoms. The molecule has 0 aliphatic heterocycles. The van der Waals surface area contributed by atoms with Crippen LogP contribution in [0.5, 0.6) is 0 Å². The number of nitrogens with zero attached hydrogens (tertiary/aromatic N) is 3. The van der Waals surface area contributed by atoms with Crippen LogP contribution in [0.15, 0.2) is 57.7 Å². The van der Waals surface area contributed by atoms with Gasteiger partial charge < -0.3 is 9.84 Å². The average Bonchev–Trinajstić information content (AvgIpc) is 2.97. The number of hydrogen-bond donors (Lipinski definition) is 1. The second-order valence-electron chi connectivity index (χ2n) is 4.39. The van der Waals surface area contributed by atoms with E-state index in [1.807, 2.05) is 42.5 Å². The van der Waals surface area contributed by atoms with E-state index >= 15 is 0 Å². The molecular weight excluding hydrogens is 332 g/mol. The van der Waals surface area contributed by atoms with Crippen molar-refractivity contribution in [3.63, 3.8) is 0 Å². The highest BCUT2D eigenvalue weighted by atomic mass is 79.9. The first kappa shape index (κ1) is 13.8. The lowest BCUT2D eigenvalue weighted by atomic mass is 10.3. The van der Waals surface area contributed by atoms with Gasteiger partial charge in [0.15, 0.2) is 0 Å². The molecule has 0 aliphatic rings. The summed E-state index contributed by atoms with van der Waals surface area (Å²) in [5, 5.41) is 7.27. The van der Waals surface area contributed by atoms with E-state index in [1.165, 1.54) is 0 Å². The molecule has 21 heavy (non-hydrogen) atoms. The van der Waals surface area contributed by atoms with E-state index < -0.39 is 0 Å². The minimum atomic E-state index is 0.497. The molecule has 0 fully saturated rings. The molecule has 0 bridgehead atoms. The van der Waals surface area contributed by atoms with Crippen molar-refractivity contribution in [1.29, 1.82) is 0 Å². The summed E-state index contributed by atoms with van der Waals surface area (Å²) in [6, 6.07) is 13.7. The highest BCUT2D eigenvalue weighted by molar-refractivity contribution is 9.10. The van der Waals surface area contributed by atoms with Crippen LogP contribution in [0, 0.1) is 0 Å². The molecule has 0 aliphatic carbocycles. The maximum atomic E-state index is 5.25. The van der Waals surface area contributed by atoms with Gasteiger partial charge in [0.25, 0.3) is 0 Å². The molecule has 2 aromatic heterocycles. The maximum absolute atomic E-state index is 5.25. The highest BCUT2D eigenvalue weighted by Gasteiger charge is 2.12. The van der Waals surface area contributed by atoms with Crippen LogP contribution in [0.2, 0.25) is 0 Å². The zero-order valence-corrected chi connectivity index (χ0v) is 12.7. The van der Waals surface area contributed by atoms with Crippen molar-refractivity contribution in [1.82, 2.24) is 15.1 Å². The van der Waals surface area contributed by atoms with E-state index in [1.54, 1.807) is 6.20 Å². The molecule has 0 amide bonds. The molecule has 106 valence electrons. The number of aromatic nitrogens is 3. The lowest BCUT2D eigenvalue weighted by Crippen LogP contribution is -2.04.